The molecule has 1 heterocycles. The van der Waals surface area contributed by atoms with Gasteiger partial charge in [-0.1, -0.05) is 18.2 Å². The van der Waals surface area contributed by atoms with Gasteiger partial charge in [0.05, 0.1) is 36.7 Å². The average Bonchev–Trinajstić information content (AvgIpc) is 2.65. The summed E-state index contributed by atoms with van der Waals surface area (Å²) in [5.74, 6) is -0.485. The van der Waals surface area contributed by atoms with Gasteiger partial charge in [-0.2, -0.15) is 5.26 Å². The number of carbonyl (C=O) groups is 2. The normalized spacial score (nSPS) is 16.2. The van der Waals surface area contributed by atoms with Crippen LogP contribution >= 0.6 is 0 Å². The lowest BCUT2D eigenvalue weighted by Gasteiger charge is -2.30. The van der Waals surface area contributed by atoms with Crippen LogP contribution in [0.4, 0.5) is 9.59 Å². The van der Waals surface area contributed by atoms with E-state index >= 15 is 0 Å². The molecular weight excluding hydrogens is 352 g/mol. The highest BCUT2D eigenvalue weighted by molar-refractivity contribution is 5.65. The number of allylic oxidation sites excluding steroid dienone is 2. The Morgan fingerprint density at radius 3 is 2.26 bits per heavy atom. The fourth-order valence-corrected chi connectivity index (χ4v) is 2.73. The second-order valence-corrected chi connectivity index (χ2v) is 5.58. The van der Waals surface area contributed by atoms with Gasteiger partial charge < -0.3 is 24.3 Å². The van der Waals surface area contributed by atoms with Crippen LogP contribution in [0.3, 0.4) is 0 Å². The molecule has 0 amide bonds. The average molecular weight is 372 g/mol. The van der Waals surface area contributed by atoms with Gasteiger partial charge in [0.1, 0.15) is 17.4 Å². The number of carbonyl (C=O) groups excluding carboxylic acids is 2. The first-order valence-corrected chi connectivity index (χ1v) is 8.20. The van der Waals surface area contributed by atoms with Crippen molar-refractivity contribution < 1.29 is 28.5 Å². The third-order valence-electron chi connectivity index (χ3n) is 3.85. The lowest BCUT2D eigenvalue weighted by atomic mass is 9.88. The maximum Gasteiger partial charge on any atom is 0.513 e. The molecule has 8 heteroatoms. The number of nitrogens with zero attached hydrogens (tertiary/aromatic N) is 1. The number of dihydropyridines is 1. The molecule has 0 fully saturated rings. The number of benzene rings is 1. The number of nitrogens with one attached hydrogen (secondary N) is 1. The molecule has 2 rings (SSSR count). The molecule has 1 atom stereocenters. The van der Waals surface area contributed by atoms with E-state index in [1.807, 2.05) is 0 Å². The Hall–Kier alpha value is -3.47. The van der Waals surface area contributed by atoms with Crippen molar-refractivity contribution in [1.82, 2.24) is 5.32 Å². The molecule has 0 saturated heterocycles. The minimum Gasteiger partial charge on any atom is -0.437 e. The lowest BCUT2D eigenvalue weighted by Crippen LogP contribution is -2.29. The first-order valence-electron chi connectivity index (χ1n) is 8.20. The quantitative estimate of drug-likeness (QED) is 0.798. The zero-order valence-corrected chi connectivity index (χ0v) is 15.5. The van der Waals surface area contributed by atoms with Gasteiger partial charge in [-0.15, -0.1) is 0 Å². The molecule has 0 saturated carbocycles. The summed E-state index contributed by atoms with van der Waals surface area (Å²) >= 11 is 0. The second-order valence-electron chi connectivity index (χ2n) is 5.58. The molecule has 0 aliphatic carbocycles. The number of methoxy groups -OCH3 is 1. The topological polar surface area (TPSA) is 107 Å². The van der Waals surface area contributed by atoms with Crippen molar-refractivity contribution in [3.63, 3.8) is 0 Å². The zero-order valence-electron chi connectivity index (χ0n) is 15.5. The van der Waals surface area contributed by atoms with E-state index in [9.17, 15) is 14.9 Å². The molecule has 8 nitrogen and oxygen atoms in total. The third-order valence-corrected chi connectivity index (χ3v) is 3.85. The molecule has 1 aliphatic heterocycles. The Morgan fingerprint density at radius 2 is 1.70 bits per heavy atom. The van der Waals surface area contributed by atoms with Crippen molar-refractivity contribution in [2.75, 3.05) is 13.7 Å². The van der Waals surface area contributed by atoms with E-state index < -0.39 is 18.2 Å². The van der Waals surface area contributed by atoms with Crippen LogP contribution < -0.4 is 5.32 Å². The molecule has 0 aromatic heterocycles. The molecule has 142 valence electrons. The predicted molar refractivity (Wildman–Crippen MR) is 94.0 cm³/mol. The van der Waals surface area contributed by atoms with Crippen molar-refractivity contribution in [3.8, 4) is 6.07 Å². The van der Waals surface area contributed by atoms with Crippen molar-refractivity contribution >= 4 is 12.3 Å². The minimum absolute atomic E-state index is 0.137. The summed E-state index contributed by atoms with van der Waals surface area (Å²) in [7, 11) is 1.18. The number of nitriles is 1. The van der Waals surface area contributed by atoms with E-state index in [1.165, 1.54) is 7.11 Å². The summed E-state index contributed by atoms with van der Waals surface area (Å²) in [5.41, 5.74) is 1.90. The highest BCUT2D eigenvalue weighted by Crippen LogP contribution is 2.40. The van der Waals surface area contributed by atoms with E-state index in [-0.39, 0.29) is 18.1 Å². The van der Waals surface area contributed by atoms with Crippen molar-refractivity contribution in [2.45, 2.75) is 26.7 Å². The highest BCUT2D eigenvalue weighted by atomic mass is 16.7. The third kappa shape index (κ3) is 4.39. The van der Waals surface area contributed by atoms with Gasteiger partial charge in [0, 0.05) is 0 Å². The molecule has 0 spiro atoms. The van der Waals surface area contributed by atoms with Crippen LogP contribution in [0.1, 0.15) is 37.8 Å². The van der Waals surface area contributed by atoms with Crippen LogP contribution in [0.15, 0.2) is 47.2 Å². The summed E-state index contributed by atoms with van der Waals surface area (Å²) in [6, 6.07) is 8.87. The van der Waals surface area contributed by atoms with Gasteiger partial charge in [-0.3, -0.25) is 0 Å². The van der Waals surface area contributed by atoms with Gasteiger partial charge in [-0.05, 0) is 32.4 Å². The van der Waals surface area contributed by atoms with Crippen LogP contribution in [-0.2, 0) is 18.9 Å². The number of rotatable bonds is 4. The standard InChI is InChI=1S/C19H20N2O6/c1-5-25-19(23)27-17-12(3)21-11(2)16(26-18(22)24-4)15(17)14-9-7-6-8-13(14)10-20/h6-9,15,21H,5H2,1-4H3. The summed E-state index contributed by atoms with van der Waals surface area (Å²) in [6.07, 6.45) is -1.83. The molecule has 1 aromatic carbocycles. The SMILES string of the molecule is CCOC(=O)OC1=C(C)NC(C)=C(OC(=O)OC)C1c1ccccc1C#N. The van der Waals surface area contributed by atoms with E-state index in [0.29, 0.717) is 22.5 Å². The molecule has 1 aromatic rings. The van der Waals surface area contributed by atoms with E-state index in [2.05, 4.69) is 16.1 Å². The van der Waals surface area contributed by atoms with Crippen LogP contribution in [-0.4, -0.2) is 26.0 Å². The zero-order chi connectivity index (χ0) is 20.0. The monoisotopic (exact) mass is 372 g/mol. The van der Waals surface area contributed by atoms with Gasteiger partial charge in [0.25, 0.3) is 0 Å². The number of hydrogen-bond acceptors (Lipinski definition) is 8. The predicted octanol–water partition coefficient (Wildman–Crippen LogP) is 3.66. The highest BCUT2D eigenvalue weighted by Gasteiger charge is 2.36. The van der Waals surface area contributed by atoms with Crippen molar-refractivity contribution in [2.24, 2.45) is 0 Å². The Kier molecular flexibility index (Phi) is 6.44. The Bertz CT molecular complexity index is 850. The molecular formula is C19H20N2O6. The molecule has 0 bridgehead atoms. The smallest absolute Gasteiger partial charge is 0.437 e. The second kappa shape index (κ2) is 8.76. The van der Waals surface area contributed by atoms with Gasteiger partial charge >= 0.3 is 12.3 Å². The van der Waals surface area contributed by atoms with Gasteiger partial charge in [-0.25, -0.2) is 9.59 Å². The summed E-state index contributed by atoms with van der Waals surface area (Å²) < 4.78 is 20.2. The van der Waals surface area contributed by atoms with Crippen LogP contribution in [0.5, 0.6) is 0 Å². The molecule has 1 N–H and O–H groups in total. The molecule has 27 heavy (non-hydrogen) atoms. The largest absolute Gasteiger partial charge is 0.513 e. The summed E-state index contributed by atoms with van der Waals surface area (Å²) in [4.78, 5) is 23.7. The van der Waals surface area contributed by atoms with Crippen LogP contribution in [0, 0.1) is 11.3 Å². The first kappa shape index (κ1) is 19.8. The summed E-state index contributed by atoms with van der Waals surface area (Å²) in [5, 5.41) is 12.5. The van der Waals surface area contributed by atoms with Crippen molar-refractivity contribution in [3.05, 3.63) is 58.3 Å². The van der Waals surface area contributed by atoms with Crippen molar-refractivity contribution in [1.29, 1.82) is 5.26 Å². The molecule has 1 unspecified atom stereocenters. The Morgan fingerprint density at radius 1 is 1.11 bits per heavy atom. The van der Waals surface area contributed by atoms with Crippen LogP contribution in [0.25, 0.3) is 0 Å². The first-order chi connectivity index (χ1) is 12.9. The fraction of sp³-hybridized carbons (Fsp3) is 0.316. The maximum atomic E-state index is 11.9. The lowest BCUT2D eigenvalue weighted by molar-refractivity contribution is 0.0696. The molecule has 1 aliphatic rings. The fourth-order valence-electron chi connectivity index (χ4n) is 2.73. The molecule has 0 radical (unpaired) electrons. The van der Waals surface area contributed by atoms with Gasteiger partial charge in [0.15, 0.2) is 0 Å². The minimum atomic E-state index is -0.930. The van der Waals surface area contributed by atoms with E-state index in [1.54, 1.807) is 45.0 Å². The van der Waals surface area contributed by atoms with Gasteiger partial charge in [0.2, 0.25) is 0 Å². The van der Waals surface area contributed by atoms with Crippen LogP contribution in [0.2, 0.25) is 0 Å². The van der Waals surface area contributed by atoms with E-state index in [0.717, 1.165) is 0 Å². The maximum absolute atomic E-state index is 11.9. The number of hydrogen-bond donors (Lipinski definition) is 1. The Labute approximate surface area is 157 Å². The Balaban J connectivity index is 2.60. The summed E-state index contributed by atoms with van der Waals surface area (Å²) in [6.45, 7) is 5.19. The van der Waals surface area contributed by atoms with E-state index in [4.69, 9.17) is 14.2 Å². The number of ether oxygens (including phenoxy) is 4.